The normalized spacial score (nSPS) is 32.5. The Morgan fingerprint density at radius 2 is 2.00 bits per heavy atom. The Morgan fingerprint density at radius 3 is 2.64 bits per heavy atom. The summed E-state index contributed by atoms with van der Waals surface area (Å²) in [7, 11) is 0. The molecule has 0 N–H and O–H groups in total. The van der Waals surface area contributed by atoms with Crippen molar-refractivity contribution in [2.75, 3.05) is 6.61 Å². The first-order valence-corrected chi connectivity index (χ1v) is 8.42. The summed E-state index contributed by atoms with van der Waals surface area (Å²) < 4.78 is 5.38. The van der Waals surface area contributed by atoms with Gasteiger partial charge in [0.1, 0.15) is 5.54 Å². The second-order valence-corrected chi connectivity index (χ2v) is 6.25. The van der Waals surface area contributed by atoms with Gasteiger partial charge in [-0.25, -0.2) is 4.79 Å². The van der Waals surface area contributed by atoms with Crippen LogP contribution in [0, 0.1) is 0 Å². The van der Waals surface area contributed by atoms with Crippen molar-refractivity contribution < 1.29 is 14.4 Å². The zero-order valence-electron chi connectivity index (χ0n) is 13.5. The van der Waals surface area contributed by atoms with Crippen LogP contribution in [0.25, 0.3) is 0 Å². The lowest BCUT2D eigenvalue weighted by molar-refractivity contribution is -0.159. The highest BCUT2D eigenvalue weighted by Gasteiger charge is 2.73. The topological polar surface area (TPSA) is 41.8 Å². The van der Waals surface area contributed by atoms with E-state index in [2.05, 4.69) is 19.1 Å². The molecular formula is C18H25NO3. The number of unbranched alkanes of at least 4 members (excludes halogenated alkanes) is 2. The molecule has 0 bridgehead atoms. The Labute approximate surface area is 132 Å². The second kappa shape index (κ2) is 6.01. The molecule has 0 saturated carbocycles. The lowest BCUT2D eigenvalue weighted by Gasteiger charge is -2.27. The number of esters is 1. The van der Waals surface area contributed by atoms with Gasteiger partial charge in [0.25, 0.3) is 0 Å². The molecule has 3 atom stereocenters. The molecule has 0 radical (unpaired) electrons. The smallest absolute Gasteiger partial charge is 0.329 e. The minimum atomic E-state index is -0.596. The van der Waals surface area contributed by atoms with Gasteiger partial charge in [-0.15, -0.1) is 5.06 Å². The van der Waals surface area contributed by atoms with Crippen LogP contribution < -0.4 is 0 Å². The molecular weight excluding hydrogens is 278 g/mol. The summed E-state index contributed by atoms with van der Waals surface area (Å²) in [4.78, 5) is 18.6. The Kier molecular flexibility index (Phi) is 4.24. The Morgan fingerprint density at radius 1 is 1.23 bits per heavy atom. The van der Waals surface area contributed by atoms with Crippen molar-refractivity contribution in [3.05, 3.63) is 35.9 Å². The molecule has 2 aliphatic rings. The largest absolute Gasteiger partial charge is 0.465 e. The molecule has 1 unspecified atom stereocenters. The minimum Gasteiger partial charge on any atom is -0.465 e. The molecule has 3 rings (SSSR count). The molecule has 2 aliphatic heterocycles. The van der Waals surface area contributed by atoms with E-state index in [9.17, 15) is 4.79 Å². The van der Waals surface area contributed by atoms with Crippen LogP contribution in [0.5, 0.6) is 0 Å². The van der Waals surface area contributed by atoms with Crippen LogP contribution in [-0.2, 0) is 20.1 Å². The molecule has 0 aromatic heterocycles. The third-order valence-electron chi connectivity index (χ3n) is 4.88. The van der Waals surface area contributed by atoms with Crippen molar-refractivity contribution in [1.82, 2.24) is 5.06 Å². The molecule has 2 saturated heterocycles. The van der Waals surface area contributed by atoms with E-state index in [1.807, 2.05) is 30.2 Å². The molecule has 2 fully saturated rings. The summed E-state index contributed by atoms with van der Waals surface area (Å²) in [5.41, 5.74) is 0.137. The Hall–Kier alpha value is -1.39. The van der Waals surface area contributed by atoms with E-state index in [0.717, 1.165) is 44.1 Å². The number of hydrogen-bond acceptors (Lipinski definition) is 4. The average molecular weight is 303 g/mol. The fraction of sp³-hybridized carbons (Fsp3) is 0.611. The number of hydrogen-bond donors (Lipinski definition) is 0. The summed E-state index contributed by atoms with van der Waals surface area (Å²) in [6.07, 6.45) is 5.78. The number of benzene rings is 1. The minimum absolute atomic E-state index is 0.124. The van der Waals surface area contributed by atoms with Gasteiger partial charge in [-0.05, 0) is 19.8 Å². The van der Waals surface area contributed by atoms with Crippen LogP contribution in [0.4, 0.5) is 0 Å². The van der Waals surface area contributed by atoms with Gasteiger partial charge in [0.15, 0.2) is 5.72 Å². The maximum atomic E-state index is 12.6. The van der Waals surface area contributed by atoms with Gasteiger partial charge in [0.2, 0.25) is 0 Å². The summed E-state index contributed by atoms with van der Waals surface area (Å²) in [6, 6.07) is 10.2. The summed E-state index contributed by atoms with van der Waals surface area (Å²) >= 11 is 0. The number of carbonyl (C=O) groups is 1. The van der Waals surface area contributed by atoms with Crippen molar-refractivity contribution in [2.45, 2.75) is 63.6 Å². The molecule has 0 aliphatic carbocycles. The predicted octanol–water partition coefficient (Wildman–Crippen LogP) is 3.76. The van der Waals surface area contributed by atoms with Crippen molar-refractivity contribution in [1.29, 1.82) is 0 Å². The van der Waals surface area contributed by atoms with E-state index < -0.39 is 11.3 Å². The first-order chi connectivity index (χ1) is 10.7. The highest BCUT2D eigenvalue weighted by Crippen LogP contribution is 2.61. The number of fused-ring (bicyclic) bond motifs is 1. The van der Waals surface area contributed by atoms with Gasteiger partial charge in [-0.3, -0.25) is 4.84 Å². The summed E-state index contributed by atoms with van der Waals surface area (Å²) in [6.45, 7) is 4.45. The second-order valence-electron chi connectivity index (χ2n) is 6.25. The predicted molar refractivity (Wildman–Crippen MR) is 83.8 cm³/mol. The highest BCUT2D eigenvalue weighted by atomic mass is 16.9. The number of ether oxygens (including phenoxy) is 1. The van der Waals surface area contributed by atoms with Crippen LogP contribution in [0.15, 0.2) is 30.3 Å². The standard InChI is InChI=1S/C18H25NO3/c1-3-5-9-12-17(16(20)21-4-2)13-14-18(19(17)22-18)15-10-7-6-8-11-15/h6-8,10-11H,3-5,9,12-14H2,1-2H3/t17-,18+,19?/m1/s1. The third-order valence-corrected chi connectivity index (χ3v) is 4.88. The van der Waals surface area contributed by atoms with Crippen LogP contribution >= 0.6 is 0 Å². The lowest BCUT2D eigenvalue weighted by atomic mass is 9.90. The van der Waals surface area contributed by atoms with E-state index >= 15 is 0 Å². The SMILES string of the molecule is CCCCC[C@]1(C(=O)OCC)CC[C@@]2(c3ccccc3)ON12. The molecule has 120 valence electrons. The molecule has 4 heteroatoms. The lowest BCUT2D eigenvalue weighted by Crippen LogP contribution is -2.45. The van der Waals surface area contributed by atoms with E-state index in [0.29, 0.717) is 6.61 Å². The average Bonchev–Trinajstić information content (AvgIpc) is 3.21. The van der Waals surface area contributed by atoms with Gasteiger partial charge in [-0.1, -0.05) is 56.5 Å². The zero-order chi connectivity index (χ0) is 15.6. The molecule has 0 spiro atoms. The number of carbonyl (C=O) groups excluding carboxylic acids is 1. The maximum absolute atomic E-state index is 12.6. The molecule has 0 amide bonds. The van der Waals surface area contributed by atoms with E-state index in [-0.39, 0.29) is 5.97 Å². The first-order valence-electron chi connectivity index (χ1n) is 8.42. The fourth-order valence-corrected chi connectivity index (χ4v) is 3.65. The zero-order valence-corrected chi connectivity index (χ0v) is 13.5. The van der Waals surface area contributed by atoms with Gasteiger partial charge >= 0.3 is 5.97 Å². The first kappa shape index (κ1) is 15.5. The van der Waals surface area contributed by atoms with Crippen LogP contribution in [0.1, 0.15) is 57.9 Å². The van der Waals surface area contributed by atoms with Gasteiger partial charge < -0.3 is 4.74 Å². The Balaban J connectivity index is 1.82. The van der Waals surface area contributed by atoms with Gasteiger partial charge in [0.05, 0.1) is 6.61 Å². The van der Waals surface area contributed by atoms with Crippen LogP contribution in [0.3, 0.4) is 0 Å². The molecule has 1 aromatic carbocycles. The quantitative estimate of drug-likeness (QED) is 0.437. The van der Waals surface area contributed by atoms with Crippen molar-refractivity contribution in [2.24, 2.45) is 0 Å². The van der Waals surface area contributed by atoms with Crippen LogP contribution in [0.2, 0.25) is 0 Å². The van der Waals surface area contributed by atoms with Gasteiger partial charge in [-0.2, -0.15) is 0 Å². The highest BCUT2D eigenvalue weighted by molar-refractivity contribution is 5.82. The number of hydroxylamine groups is 2. The number of rotatable bonds is 7. The van der Waals surface area contributed by atoms with E-state index in [1.54, 1.807) is 0 Å². The fourth-order valence-electron chi connectivity index (χ4n) is 3.65. The van der Waals surface area contributed by atoms with E-state index in [1.165, 1.54) is 0 Å². The molecule has 22 heavy (non-hydrogen) atoms. The number of nitrogens with zero attached hydrogens (tertiary/aromatic N) is 1. The maximum Gasteiger partial charge on any atom is 0.329 e. The van der Waals surface area contributed by atoms with Crippen molar-refractivity contribution in [3.8, 4) is 0 Å². The molecule has 4 nitrogen and oxygen atoms in total. The van der Waals surface area contributed by atoms with Crippen molar-refractivity contribution in [3.63, 3.8) is 0 Å². The van der Waals surface area contributed by atoms with Gasteiger partial charge in [0, 0.05) is 12.0 Å². The van der Waals surface area contributed by atoms with Crippen LogP contribution in [-0.4, -0.2) is 23.2 Å². The van der Waals surface area contributed by atoms with E-state index in [4.69, 9.17) is 9.57 Å². The molecule has 1 aromatic rings. The third kappa shape index (κ3) is 2.34. The Bertz CT molecular complexity index is 532. The van der Waals surface area contributed by atoms with Crippen molar-refractivity contribution >= 4 is 5.97 Å². The summed E-state index contributed by atoms with van der Waals surface area (Å²) in [5.74, 6) is -0.124. The monoisotopic (exact) mass is 303 g/mol. The summed E-state index contributed by atoms with van der Waals surface area (Å²) in [5, 5.41) is 1.92. The molecule has 2 heterocycles.